The molecule has 0 aliphatic carbocycles. The summed E-state index contributed by atoms with van der Waals surface area (Å²) >= 11 is 1.34. The van der Waals surface area contributed by atoms with Crippen molar-refractivity contribution in [2.75, 3.05) is 30.8 Å². The zero-order valence-corrected chi connectivity index (χ0v) is 12.9. The van der Waals surface area contributed by atoms with Gasteiger partial charge in [-0.15, -0.1) is 0 Å². The van der Waals surface area contributed by atoms with Gasteiger partial charge in [-0.1, -0.05) is 13.3 Å². The molecule has 1 aromatic heterocycles. The van der Waals surface area contributed by atoms with Crippen LogP contribution >= 0.6 is 11.5 Å². The SMILES string of the molecule is CCCCOCCCNc1snc(N)c1OC(C)C. The van der Waals surface area contributed by atoms with Crippen molar-refractivity contribution in [1.29, 1.82) is 0 Å². The summed E-state index contributed by atoms with van der Waals surface area (Å²) < 4.78 is 15.3. The summed E-state index contributed by atoms with van der Waals surface area (Å²) in [6.07, 6.45) is 3.36. The Morgan fingerprint density at radius 2 is 2.05 bits per heavy atom. The van der Waals surface area contributed by atoms with Crippen molar-refractivity contribution in [1.82, 2.24) is 4.37 Å². The molecule has 1 heterocycles. The quantitative estimate of drug-likeness (QED) is 0.647. The average molecular weight is 287 g/mol. The van der Waals surface area contributed by atoms with Gasteiger partial charge in [0, 0.05) is 19.8 Å². The summed E-state index contributed by atoms with van der Waals surface area (Å²) in [5.74, 6) is 1.13. The Labute approximate surface area is 119 Å². The van der Waals surface area contributed by atoms with Crippen molar-refractivity contribution in [3.8, 4) is 5.75 Å². The fraction of sp³-hybridized carbons (Fsp3) is 0.769. The number of nitrogens with one attached hydrogen (secondary N) is 1. The number of nitrogens with zero attached hydrogens (tertiary/aromatic N) is 1. The highest BCUT2D eigenvalue weighted by Crippen LogP contribution is 2.35. The Bertz CT molecular complexity index is 356. The van der Waals surface area contributed by atoms with Crippen molar-refractivity contribution < 1.29 is 9.47 Å². The summed E-state index contributed by atoms with van der Waals surface area (Å²) in [7, 11) is 0. The molecule has 0 aromatic carbocycles. The molecule has 0 aliphatic rings. The van der Waals surface area contributed by atoms with Crippen LogP contribution < -0.4 is 15.8 Å². The molecule has 3 N–H and O–H groups in total. The average Bonchev–Trinajstić information content (AvgIpc) is 2.70. The lowest BCUT2D eigenvalue weighted by Gasteiger charge is -2.11. The first kappa shape index (κ1) is 16.0. The molecule has 0 atom stereocenters. The highest BCUT2D eigenvalue weighted by molar-refractivity contribution is 7.11. The summed E-state index contributed by atoms with van der Waals surface area (Å²) in [5, 5.41) is 4.20. The molecule has 0 radical (unpaired) electrons. The molecule has 5 nitrogen and oxygen atoms in total. The van der Waals surface area contributed by atoms with Crippen molar-refractivity contribution in [3.05, 3.63) is 0 Å². The van der Waals surface area contributed by atoms with E-state index in [0.29, 0.717) is 11.6 Å². The van der Waals surface area contributed by atoms with Gasteiger partial charge in [-0.25, -0.2) is 0 Å². The normalized spacial score (nSPS) is 10.9. The minimum absolute atomic E-state index is 0.0941. The molecule has 6 heteroatoms. The number of ether oxygens (including phenoxy) is 2. The number of aromatic nitrogens is 1. The first-order valence-electron chi connectivity index (χ1n) is 6.88. The van der Waals surface area contributed by atoms with Crippen molar-refractivity contribution in [2.45, 2.75) is 46.1 Å². The van der Waals surface area contributed by atoms with Crippen LogP contribution in [0.1, 0.15) is 40.0 Å². The molecule has 1 rings (SSSR count). The molecule has 110 valence electrons. The topological polar surface area (TPSA) is 69.4 Å². The largest absolute Gasteiger partial charge is 0.484 e. The lowest BCUT2D eigenvalue weighted by Crippen LogP contribution is -2.10. The van der Waals surface area contributed by atoms with Gasteiger partial charge in [-0.2, -0.15) is 4.37 Å². The van der Waals surface area contributed by atoms with E-state index in [1.807, 2.05) is 13.8 Å². The van der Waals surface area contributed by atoms with E-state index in [4.69, 9.17) is 15.2 Å². The standard InChI is InChI=1S/C13H25N3O2S/c1-4-5-8-17-9-6-7-15-13-11(18-10(2)3)12(14)16-19-13/h10,15H,4-9H2,1-3H3,(H2,14,16). The fourth-order valence-electron chi connectivity index (χ4n) is 1.48. The minimum Gasteiger partial charge on any atom is -0.484 e. The molecule has 0 spiro atoms. The van der Waals surface area contributed by atoms with Crippen LogP contribution in [0, 0.1) is 0 Å². The van der Waals surface area contributed by atoms with E-state index in [9.17, 15) is 0 Å². The van der Waals surface area contributed by atoms with Crippen LogP contribution in [0.15, 0.2) is 0 Å². The van der Waals surface area contributed by atoms with E-state index >= 15 is 0 Å². The van der Waals surface area contributed by atoms with Crippen molar-refractivity contribution in [3.63, 3.8) is 0 Å². The summed E-state index contributed by atoms with van der Waals surface area (Å²) in [6, 6.07) is 0. The van der Waals surface area contributed by atoms with E-state index < -0.39 is 0 Å². The van der Waals surface area contributed by atoms with Crippen molar-refractivity contribution in [2.24, 2.45) is 0 Å². The first-order chi connectivity index (χ1) is 9.15. The molecule has 19 heavy (non-hydrogen) atoms. The zero-order chi connectivity index (χ0) is 14.1. The second kappa shape index (κ2) is 8.98. The molecule has 0 saturated carbocycles. The van der Waals surface area contributed by atoms with Crippen LogP contribution in [-0.4, -0.2) is 30.2 Å². The number of nitrogens with two attached hydrogens (primary N) is 1. The third-order valence-corrected chi connectivity index (χ3v) is 3.22. The molecule has 0 unspecified atom stereocenters. The number of rotatable bonds is 10. The Balaban J connectivity index is 2.25. The monoisotopic (exact) mass is 287 g/mol. The second-order valence-electron chi connectivity index (χ2n) is 4.64. The summed E-state index contributed by atoms with van der Waals surface area (Å²) in [6.45, 7) is 8.58. The maximum atomic E-state index is 5.78. The van der Waals surface area contributed by atoms with Gasteiger partial charge in [0.1, 0.15) is 0 Å². The lowest BCUT2D eigenvalue weighted by atomic mass is 10.3. The van der Waals surface area contributed by atoms with Crippen LogP contribution in [0.5, 0.6) is 5.75 Å². The van der Waals surface area contributed by atoms with Crippen molar-refractivity contribution >= 4 is 22.4 Å². The van der Waals surface area contributed by atoms with Gasteiger partial charge in [0.15, 0.2) is 16.6 Å². The number of hydrogen-bond acceptors (Lipinski definition) is 6. The Hall–Kier alpha value is -1.01. The van der Waals surface area contributed by atoms with E-state index in [1.165, 1.54) is 18.0 Å². The number of anilines is 2. The first-order valence-corrected chi connectivity index (χ1v) is 7.65. The predicted molar refractivity (Wildman–Crippen MR) is 81.1 cm³/mol. The number of nitrogen functional groups attached to an aromatic ring is 1. The van der Waals surface area contributed by atoms with Gasteiger partial charge >= 0.3 is 0 Å². The van der Waals surface area contributed by atoms with Gasteiger partial charge in [0.25, 0.3) is 0 Å². The lowest BCUT2D eigenvalue weighted by molar-refractivity contribution is 0.131. The van der Waals surface area contributed by atoms with E-state index in [2.05, 4.69) is 16.6 Å². The fourth-order valence-corrected chi connectivity index (χ4v) is 2.16. The molecule has 0 bridgehead atoms. The molecule has 0 fully saturated rings. The van der Waals surface area contributed by atoms with Crippen LogP contribution in [0.25, 0.3) is 0 Å². The summed E-state index contributed by atoms with van der Waals surface area (Å²) in [5.41, 5.74) is 5.78. The highest BCUT2D eigenvalue weighted by atomic mass is 32.1. The molecular formula is C13H25N3O2S. The van der Waals surface area contributed by atoms with Crippen LogP contribution in [-0.2, 0) is 4.74 Å². The molecule has 1 aromatic rings. The maximum Gasteiger partial charge on any atom is 0.197 e. The Morgan fingerprint density at radius 3 is 2.74 bits per heavy atom. The molecular weight excluding hydrogens is 262 g/mol. The molecule has 0 aliphatic heterocycles. The van der Waals surface area contributed by atoms with Gasteiger partial charge in [0.2, 0.25) is 0 Å². The molecule has 0 amide bonds. The Kier molecular flexibility index (Phi) is 7.59. The van der Waals surface area contributed by atoms with E-state index in [1.54, 1.807) is 0 Å². The zero-order valence-electron chi connectivity index (χ0n) is 12.1. The summed E-state index contributed by atoms with van der Waals surface area (Å²) in [4.78, 5) is 0. The van der Waals surface area contributed by atoms with E-state index in [-0.39, 0.29) is 6.10 Å². The molecule has 0 saturated heterocycles. The predicted octanol–water partition coefficient (Wildman–Crippen LogP) is 3.13. The van der Waals surface area contributed by atoms with Gasteiger partial charge in [-0.3, -0.25) is 0 Å². The number of unbranched alkanes of at least 4 members (excludes halogenated alkanes) is 1. The van der Waals surface area contributed by atoms with E-state index in [0.717, 1.165) is 37.6 Å². The second-order valence-corrected chi connectivity index (χ2v) is 5.41. The Morgan fingerprint density at radius 1 is 1.32 bits per heavy atom. The third-order valence-electron chi connectivity index (χ3n) is 2.42. The number of hydrogen-bond donors (Lipinski definition) is 2. The third kappa shape index (κ3) is 6.11. The highest BCUT2D eigenvalue weighted by Gasteiger charge is 2.13. The van der Waals surface area contributed by atoms with Gasteiger partial charge in [0.05, 0.1) is 6.10 Å². The smallest absolute Gasteiger partial charge is 0.197 e. The van der Waals surface area contributed by atoms with Crippen LogP contribution in [0.4, 0.5) is 10.8 Å². The van der Waals surface area contributed by atoms with Gasteiger partial charge in [-0.05, 0) is 38.2 Å². The van der Waals surface area contributed by atoms with Crippen LogP contribution in [0.2, 0.25) is 0 Å². The maximum absolute atomic E-state index is 5.78. The van der Waals surface area contributed by atoms with Gasteiger partial charge < -0.3 is 20.5 Å². The van der Waals surface area contributed by atoms with Crippen LogP contribution in [0.3, 0.4) is 0 Å². The minimum atomic E-state index is 0.0941.